The van der Waals surface area contributed by atoms with Gasteiger partial charge in [-0.25, -0.2) is 0 Å². The Kier molecular flexibility index (Phi) is 1.18. The van der Waals surface area contributed by atoms with Crippen LogP contribution in [0.2, 0.25) is 0 Å². The summed E-state index contributed by atoms with van der Waals surface area (Å²) < 4.78 is 0. The molecule has 0 heterocycles. The molecule has 0 bridgehead atoms. The largest absolute Gasteiger partial charge is 0.0842 e. The fourth-order valence-corrected chi connectivity index (χ4v) is 1.28. The highest BCUT2D eigenvalue weighted by Gasteiger charge is 2.25. The molecule has 0 atom stereocenters. The molecule has 1 saturated carbocycles. The molecular formula is C9H11. The van der Waals surface area contributed by atoms with Crippen molar-refractivity contribution in [1.29, 1.82) is 0 Å². The van der Waals surface area contributed by atoms with Crippen LogP contribution in [0, 0.1) is 5.92 Å². The predicted octanol–water partition coefficient (Wildman–Crippen LogP) is 2.63. The van der Waals surface area contributed by atoms with Crippen molar-refractivity contribution >= 4 is 0 Å². The average Bonchev–Trinajstić information content (AvgIpc) is 2.71. The minimum atomic E-state index is 1.26. The second-order valence-electron chi connectivity index (χ2n) is 2.76. The summed E-state index contributed by atoms with van der Waals surface area (Å²) in [6, 6.07) is 0. The first kappa shape index (κ1) is 5.28. The summed E-state index contributed by atoms with van der Waals surface area (Å²) >= 11 is 0. The van der Waals surface area contributed by atoms with Crippen LogP contribution in [0.5, 0.6) is 0 Å². The van der Waals surface area contributed by atoms with Crippen molar-refractivity contribution in [2.24, 2.45) is 0 Å². The zero-order valence-corrected chi connectivity index (χ0v) is 5.56. The van der Waals surface area contributed by atoms with Crippen LogP contribution in [0.15, 0.2) is 23.8 Å². The van der Waals surface area contributed by atoms with Crippen molar-refractivity contribution in [3.05, 3.63) is 29.7 Å². The maximum absolute atomic E-state index is 2.27. The predicted molar refractivity (Wildman–Crippen MR) is 38.9 cm³/mol. The van der Waals surface area contributed by atoms with Crippen molar-refractivity contribution in [1.82, 2.24) is 0 Å². The van der Waals surface area contributed by atoms with Crippen molar-refractivity contribution in [2.45, 2.75) is 25.7 Å². The van der Waals surface area contributed by atoms with Gasteiger partial charge in [-0.3, -0.25) is 0 Å². The maximum Gasteiger partial charge on any atom is 0.000946 e. The van der Waals surface area contributed by atoms with E-state index in [1.54, 1.807) is 11.5 Å². The molecular weight excluding hydrogens is 108 g/mol. The molecule has 0 amide bonds. The van der Waals surface area contributed by atoms with Crippen molar-refractivity contribution in [2.75, 3.05) is 0 Å². The van der Waals surface area contributed by atoms with Gasteiger partial charge in [0.25, 0.3) is 0 Å². The first-order valence-corrected chi connectivity index (χ1v) is 3.67. The SMILES string of the molecule is C1=CCCC([C]2CC2)=C1. The van der Waals surface area contributed by atoms with E-state index in [4.69, 9.17) is 0 Å². The van der Waals surface area contributed by atoms with Gasteiger partial charge in [-0.05, 0) is 25.7 Å². The molecule has 9 heavy (non-hydrogen) atoms. The van der Waals surface area contributed by atoms with Crippen LogP contribution in [0.3, 0.4) is 0 Å². The molecule has 2 rings (SSSR count). The number of hydrogen-bond donors (Lipinski definition) is 0. The summed E-state index contributed by atoms with van der Waals surface area (Å²) in [4.78, 5) is 0. The molecule has 0 saturated heterocycles. The van der Waals surface area contributed by atoms with Gasteiger partial charge in [-0.2, -0.15) is 0 Å². The lowest BCUT2D eigenvalue weighted by atomic mass is 10.0. The van der Waals surface area contributed by atoms with Crippen molar-refractivity contribution in [3.63, 3.8) is 0 Å². The van der Waals surface area contributed by atoms with Gasteiger partial charge in [0.1, 0.15) is 0 Å². The van der Waals surface area contributed by atoms with Crippen LogP contribution >= 0.6 is 0 Å². The Balaban J connectivity index is 2.07. The smallest absolute Gasteiger partial charge is 0.000946 e. The molecule has 0 aromatic rings. The molecule has 1 fully saturated rings. The zero-order valence-electron chi connectivity index (χ0n) is 5.56. The molecule has 0 heteroatoms. The first-order valence-electron chi connectivity index (χ1n) is 3.67. The fourth-order valence-electron chi connectivity index (χ4n) is 1.28. The summed E-state index contributed by atoms with van der Waals surface area (Å²) in [5.74, 6) is 1.71. The van der Waals surface area contributed by atoms with Crippen LogP contribution in [-0.4, -0.2) is 0 Å². The molecule has 0 aromatic carbocycles. The third-order valence-electron chi connectivity index (χ3n) is 1.97. The van der Waals surface area contributed by atoms with Gasteiger partial charge in [-0.1, -0.05) is 23.8 Å². The van der Waals surface area contributed by atoms with E-state index in [0.717, 1.165) is 0 Å². The van der Waals surface area contributed by atoms with Crippen molar-refractivity contribution in [3.8, 4) is 0 Å². The molecule has 0 nitrogen and oxygen atoms in total. The average molecular weight is 119 g/mol. The summed E-state index contributed by atoms with van der Waals surface area (Å²) in [5.41, 5.74) is 1.62. The van der Waals surface area contributed by atoms with E-state index in [1.165, 1.54) is 25.7 Å². The van der Waals surface area contributed by atoms with Crippen LogP contribution in [0.25, 0.3) is 0 Å². The third-order valence-corrected chi connectivity index (χ3v) is 1.97. The summed E-state index contributed by atoms with van der Waals surface area (Å²) in [7, 11) is 0. The molecule has 0 unspecified atom stereocenters. The molecule has 47 valence electrons. The Hall–Kier alpha value is -0.520. The molecule has 2 aliphatic carbocycles. The Bertz CT molecular complexity index is 159. The normalized spacial score (nSPS) is 26.0. The maximum atomic E-state index is 2.27. The van der Waals surface area contributed by atoms with E-state index < -0.39 is 0 Å². The molecule has 2 aliphatic rings. The Morgan fingerprint density at radius 2 is 2.00 bits per heavy atom. The highest BCUT2D eigenvalue weighted by molar-refractivity contribution is 5.37. The van der Waals surface area contributed by atoms with Crippen molar-refractivity contribution < 1.29 is 0 Å². The monoisotopic (exact) mass is 119 g/mol. The van der Waals surface area contributed by atoms with E-state index in [-0.39, 0.29) is 0 Å². The molecule has 0 spiro atoms. The van der Waals surface area contributed by atoms with E-state index >= 15 is 0 Å². The van der Waals surface area contributed by atoms with Crippen LogP contribution in [0.4, 0.5) is 0 Å². The van der Waals surface area contributed by atoms with E-state index in [2.05, 4.69) is 18.2 Å². The van der Waals surface area contributed by atoms with Gasteiger partial charge in [-0.15, -0.1) is 0 Å². The summed E-state index contributed by atoms with van der Waals surface area (Å²) in [6.07, 6.45) is 12.0. The zero-order chi connectivity index (χ0) is 6.10. The topological polar surface area (TPSA) is 0 Å². The third kappa shape index (κ3) is 1.07. The first-order chi connectivity index (χ1) is 4.47. The van der Waals surface area contributed by atoms with Gasteiger partial charge >= 0.3 is 0 Å². The lowest BCUT2D eigenvalue weighted by Gasteiger charge is -2.04. The lowest BCUT2D eigenvalue weighted by molar-refractivity contribution is 0.959. The minimum Gasteiger partial charge on any atom is -0.0842 e. The molecule has 0 N–H and O–H groups in total. The Morgan fingerprint density at radius 3 is 2.56 bits per heavy atom. The molecule has 1 radical (unpaired) electrons. The van der Waals surface area contributed by atoms with Gasteiger partial charge in [0.15, 0.2) is 0 Å². The second-order valence-corrected chi connectivity index (χ2v) is 2.76. The van der Waals surface area contributed by atoms with Crippen LogP contribution < -0.4 is 0 Å². The number of hydrogen-bond acceptors (Lipinski definition) is 0. The van der Waals surface area contributed by atoms with Crippen LogP contribution in [0.1, 0.15) is 25.7 Å². The molecule has 0 aliphatic heterocycles. The Morgan fingerprint density at radius 1 is 1.11 bits per heavy atom. The number of allylic oxidation sites excluding steroid dienone is 4. The quantitative estimate of drug-likeness (QED) is 0.497. The van der Waals surface area contributed by atoms with Gasteiger partial charge in [0, 0.05) is 5.92 Å². The fraction of sp³-hybridized carbons (Fsp3) is 0.444. The summed E-state index contributed by atoms with van der Waals surface area (Å²) in [6.45, 7) is 0. The Labute approximate surface area is 56.3 Å². The highest BCUT2D eigenvalue weighted by atomic mass is 14.3. The minimum absolute atomic E-state index is 1.26. The highest BCUT2D eigenvalue weighted by Crippen LogP contribution is 2.41. The van der Waals surface area contributed by atoms with Gasteiger partial charge in [0.05, 0.1) is 0 Å². The summed E-state index contributed by atoms with van der Waals surface area (Å²) in [5, 5.41) is 0. The van der Waals surface area contributed by atoms with Crippen LogP contribution in [-0.2, 0) is 0 Å². The van der Waals surface area contributed by atoms with Gasteiger partial charge < -0.3 is 0 Å². The van der Waals surface area contributed by atoms with E-state index in [0.29, 0.717) is 0 Å². The lowest BCUT2D eigenvalue weighted by Crippen LogP contribution is -1.86. The van der Waals surface area contributed by atoms with E-state index in [9.17, 15) is 0 Å². The van der Waals surface area contributed by atoms with E-state index in [1.807, 2.05) is 0 Å². The number of rotatable bonds is 1. The van der Waals surface area contributed by atoms with Gasteiger partial charge in [0.2, 0.25) is 0 Å². The standard InChI is InChI=1S/C9H11/c1-2-4-8(5-3-1)9-6-7-9/h1-2,4H,3,5-7H2. The molecule has 0 aromatic heterocycles. The second kappa shape index (κ2) is 2.02.